The predicted molar refractivity (Wildman–Crippen MR) is 87.7 cm³/mol. The largest absolute Gasteiger partial charge is 0.497 e. The van der Waals surface area contributed by atoms with Crippen molar-refractivity contribution in [2.75, 3.05) is 28.4 Å². The minimum Gasteiger partial charge on any atom is -0.497 e. The van der Waals surface area contributed by atoms with Gasteiger partial charge in [-0.3, -0.25) is 0 Å². The topological polar surface area (TPSA) is 71.1 Å². The van der Waals surface area contributed by atoms with Gasteiger partial charge in [0.05, 0.1) is 39.6 Å². The second-order valence-electron chi connectivity index (χ2n) is 4.81. The van der Waals surface area contributed by atoms with Crippen molar-refractivity contribution in [2.45, 2.75) is 0 Å². The Morgan fingerprint density at radius 3 is 1.33 bits per heavy atom. The Morgan fingerprint density at radius 1 is 0.667 bits per heavy atom. The van der Waals surface area contributed by atoms with E-state index in [0.717, 1.165) is 0 Å². The van der Waals surface area contributed by atoms with E-state index in [2.05, 4.69) is 0 Å². The first-order valence-electron chi connectivity index (χ1n) is 7.08. The average molecular weight is 330 g/mol. The van der Waals surface area contributed by atoms with Gasteiger partial charge in [0.2, 0.25) is 0 Å². The van der Waals surface area contributed by atoms with Gasteiger partial charge < -0.3 is 18.9 Å². The number of carbonyl (C=O) groups is 2. The minimum absolute atomic E-state index is 0.284. The number of rotatable bonds is 5. The fourth-order valence-corrected chi connectivity index (χ4v) is 2.33. The molecular weight excluding hydrogens is 312 g/mol. The molecule has 0 aromatic heterocycles. The van der Waals surface area contributed by atoms with Gasteiger partial charge in [-0.25, -0.2) is 9.59 Å². The van der Waals surface area contributed by atoms with Crippen LogP contribution in [0.3, 0.4) is 0 Å². The van der Waals surface area contributed by atoms with Gasteiger partial charge in [-0.2, -0.15) is 0 Å². The molecule has 0 saturated carbocycles. The van der Waals surface area contributed by atoms with Crippen LogP contribution in [-0.4, -0.2) is 40.4 Å². The molecule has 0 N–H and O–H groups in total. The molecule has 6 heteroatoms. The van der Waals surface area contributed by atoms with Crippen molar-refractivity contribution in [2.24, 2.45) is 0 Å². The molecule has 0 bridgehead atoms. The summed E-state index contributed by atoms with van der Waals surface area (Å²) in [7, 11) is 5.59. The van der Waals surface area contributed by atoms with Crippen molar-refractivity contribution in [1.82, 2.24) is 0 Å². The lowest BCUT2D eigenvalue weighted by Crippen LogP contribution is -2.08. The third-order valence-electron chi connectivity index (χ3n) is 3.55. The lowest BCUT2D eigenvalue weighted by Gasteiger charge is -2.14. The Kier molecular flexibility index (Phi) is 5.42. The second-order valence-corrected chi connectivity index (χ2v) is 4.81. The second kappa shape index (κ2) is 7.50. The smallest absolute Gasteiger partial charge is 0.338 e. The summed E-state index contributed by atoms with van der Waals surface area (Å²) in [4.78, 5) is 24.3. The molecular formula is C18H18O6. The molecule has 0 amide bonds. The summed E-state index contributed by atoms with van der Waals surface area (Å²) in [6.07, 6.45) is 0. The van der Waals surface area contributed by atoms with Gasteiger partial charge in [0.1, 0.15) is 11.5 Å². The van der Waals surface area contributed by atoms with Crippen LogP contribution in [0.15, 0.2) is 36.4 Å². The number of ether oxygens (including phenoxy) is 4. The molecule has 0 atom stereocenters. The number of esters is 2. The number of hydrogen-bond acceptors (Lipinski definition) is 6. The first kappa shape index (κ1) is 17.3. The fraction of sp³-hybridized carbons (Fsp3) is 0.222. The maximum Gasteiger partial charge on any atom is 0.338 e. The average Bonchev–Trinajstić information content (AvgIpc) is 2.65. The maximum atomic E-state index is 12.1. The number of methoxy groups -OCH3 is 4. The third-order valence-corrected chi connectivity index (χ3v) is 3.55. The Bertz CT molecular complexity index is 701. The van der Waals surface area contributed by atoms with Crippen LogP contribution < -0.4 is 9.47 Å². The van der Waals surface area contributed by atoms with Gasteiger partial charge in [-0.15, -0.1) is 0 Å². The van der Waals surface area contributed by atoms with Gasteiger partial charge in [0.15, 0.2) is 0 Å². The highest BCUT2D eigenvalue weighted by molar-refractivity contribution is 6.03. The molecule has 0 fully saturated rings. The van der Waals surface area contributed by atoms with E-state index in [0.29, 0.717) is 22.6 Å². The van der Waals surface area contributed by atoms with E-state index >= 15 is 0 Å². The van der Waals surface area contributed by atoms with Crippen LogP contribution in [-0.2, 0) is 9.47 Å². The summed E-state index contributed by atoms with van der Waals surface area (Å²) >= 11 is 0. The summed E-state index contributed by atoms with van der Waals surface area (Å²) in [5, 5.41) is 0. The third kappa shape index (κ3) is 3.32. The van der Waals surface area contributed by atoms with Crippen LogP contribution in [0, 0.1) is 0 Å². The van der Waals surface area contributed by atoms with Crippen LogP contribution >= 0.6 is 0 Å². The van der Waals surface area contributed by atoms with E-state index in [1.807, 2.05) is 0 Å². The molecule has 0 aliphatic carbocycles. The Morgan fingerprint density at radius 2 is 1.04 bits per heavy atom. The quantitative estimate of drug-likeness (QED) is 0.785. The molecule has 0 heterocycles. The fourth-order valence-electron chi connectivity index (χ4n) is 2.33. The lowest BCUT2D eigenvalue weighted by molar-refractivity contribution is 0.0589. The van der Waals surface area contributed by atoms with Crippen LogP contribution in [0.1, 0.15) is 20.7 Å². The Hall–Kier alpha value is -3.02. The summed E-state index contributed by atoms with van der Waals surface area (Å²) in [6, 6.07) is 9.91. The highest BCUT2D eigenvalue weighted by atomic mass is 16.5. The van der Waals surface area contributed by atoms with Crippen molar-refractivity contribution < 1.29 is 28.5 Å². The molecule has 6 nitrogen and oxygen atoms in total. The molecule has 0 unspecified atom stereocenters. The van der Waals surface area contributed by atoms with E-state index in [-0.39, 0.29) is 11.1 Å². The number of hydrogen-bond donors (Lipinski definition) is 0. The van der Waals surface area contributed by atoms with E-state index < -0.39 is 11.9 Å². The standard InChI is InChI=1S/C18H18O6/c1-21-11-5-7-13(15(9-11)17(19)23-3)14-8-6-12(22-2)10-16(14)18(20)24-4/h5-10H,1-4H3. The minimum atomic E-state index is -0.532. The Labute approximate surface area is 139 Å². The molecule has 0 radical (unpaired) electrons. The lowest BCUT2D eigenvalue weighted by atomic mass is 9.94. The van der Waals surface area contributed by atoms with E-state index in [4.69, 9.17) is 18.9 Å². The van der Waals surface area contributed by atoms with Crippen molar-refractivity contribution in [3.63, 3.8) is 0 Å². The van der Waals surface area contributed by atoms with Gasteiger partial charge in [0.25, 0.3) is 0 Å². The van der Waals surface area contributed by atoms with Crippen molar-refractivity contribution in [3.8, 4) is 22.6 Å². The van der Waals surface area contributed by atoms with Crippen molar-refractivity contribution in [3.05, 3.63) is 47.5 Å². The summed E-state index contributed by atoms with van der Waals surface area (Å²) in [5.74, 6) is -0.0503. The van der Waals surface area contributed by atoms with Crippen LogP contribution in [0.5, 0.6) is 11.5 Å². The molecule has 0 aliphatic heterocycles. The zero-order valence-electron chi connectivity index (χ0n) is 13.9. The van der Waals surface area contributed by atoms with Crippen LogP contribution in [0.4, 0.5) is 0 Å². The van der Waals surface area contributed by atoms with Gasteiger partial charge in [0, 0.05) is 0 Å². The monoisotopic (exact) mass is 330 g/mol. The highest BCUT2D eigenvalue weighted by Gasteiger charge is 2.20. The number of benzene rings is 2. The molecule has 2 rings (SSSR count). The molecule has 2 aromatic rings. The predicted octanol–water partition coefficient (Wildman–Crippen LogP) is 2.94. The summed E-state index contributed by atoms with van der Waals surface area (Å²) in [5.41, 5.74) is 1.63. The molecule has 24 heavy (non-hydrogen) atoms. The van der Waals surface area contributed by atoms with Gasteiger partial charge in [-0.05, 0) is 47.5 Å². The SMILES string of the molecule is COC(=O)c1cc(OC)ccc1-c1ccc(OC)cc1C(=O)OC. The van der Waals surface area contributed by atoms with Crippen LogP contribution in [0.2, 0.25) is 0 Å². The Balaban J connectivity index is 2.71. The molecule has 126 valence electrons. The van der Waals surface area contributed by atoms with Crippen molar-refractivity contribution in [1.29, 1.82) is 0 Å². The summed E-state index contributed by atoms with van der Waals surface area (Å²) in [6.45, 7) is 0. The van der Waals surface area contributed by atoms with E-state index in [1.165, 1.54) is 28.4 Å². The molecule has 0 spiro atoms. The van der Waals surface area contributed by atoms with Gasteiger partial charge >= 0.3 is 11.9 Å². The normalized spacial score (nSPS) is 10.0. The van der Waals surface area contributed by atoms with E-state index in [9.17, 15) is 9.59 Å². The maximum absolute atomic E-state index is 12.1. The number of carbonyl (C=O) groups excluding carboxylic acids is 2. The molecule has 0 aliphatic rings. The summed E-state index contributed by atoms with van der Waals surface area (Å²) < 4.78 is 20.0. The zero-order valence-corrected chi connectivity index (χ0v) is 13.9. The van der Waals surface area contributed by atoms with Crippen LogP contribution in [0.25, 0.3) is 11.1 Å². The van der Waals surface area contributed by atoms with Crippen molar-refractivity contribution >= 4 is 11.9 Å². The first-order chi connectivity index (χ1) is 11.5. The first-order valence-corrected chi connectivity index (χ1v) is 7.08. The zero-order chi connectivity index (χ0) is 17.7. The van der Waals surface area contributed by atoms with Gasteiger partial charge in [-0.1, -0.05) is 0 Å². The molecule has 2 aromatic carbocycles. The highest BCUT2D eigenvalue weighted by Crippen LogP contribution is 2.33. The van der Waals surface area contributed by atoms with E-state index in [1.54, 1.807) is 36.4 Å². The molecule has 0 saturated heterocycles.